The lowest BCUT2D eigenvalue weighted by molar-refractivity contribution is -0.142. The average molecular weight is 347 g/mol. The number of rotatable bonds is 9. The summed E-state index contributed by atoms with van der Waals surface area (Å²) >= 11 is 0. The molecule has 0 fully saturated rings. The van der Waals surface area contributed by atoms with Crippen molar-refractivity contribution in [3.8, 4) is 0 Å². The summed E-state index contributed by atoms with van der Waals surface area (Å²) in [6.07, 6.45) is 6.15. The van der Waals surface area contributed by atoms with Crippen molar-refractivity contribution in [2.75, 3.05) is 13.2 Å². The number of benzene rings is 1. The van der Waals surface area contributed by atoms with E-state index in [0.717, 1.165) is 24.8 Å². The van der Waals surface area contributed by atoms with E-state index < -0.39 is 11.7 Å². The van der Waals surface area contributed by atoms with Gasteiger partial charge in [0.05, 0.1) is 0 Å². The molecule has 0 atom stereocenters. The van der Waals surface area contributed by atoms with Gasteiger partial charge >= 0.3 is 12.1 Å². The van der Waals surface area contributed by atoms with Gasteiger partial charge in [-0.3, -0.25) is 4.79 Å². The van der Waals surface area contributed by atoms with Gasteiger partial charge in [-0.15, -0.1) is 0 Å². The maximum absolute atomic E-state index is 11.6. The molecular weight excluding hydrogens is 318 g/mol. The largest absolute Gasteiger partial charge is 0.461 e. The Balaban J connectivity index is 2.00. The number of alkyl carbamates (subject to hydrolysis) is 1. The van der Waals surface area contributed by atoms with Crippen molar-refractivity contribution in [3.05, 3.63) is 42.0 Å². The zero-order chi connectivity index (χ0) is 18.5. The minimum absolute atomic E-state index is 0.196. The molecule has 0 aliphatic heterocycles. The molecule has 1 amide bonds. The molecule has 1 N–H and O–H groups in total. The number of unbranched alkanes of at least 4 members (excludes halogenated alkanes) is 2. The van der Waals surface area contributed by atoms with E-state index in [1.807, 2.05) is 63.3 Å². The summed E-state index contributed by atoms with van der Waals surface area (Å²) in [5, 5.41) is 2.70. The van der Waals surface area contributed by atoms with Gasteiger partial charge in [-0.25, -0.2) is 4.79 Å². The molecule has 0 saturated carbocycles. The predicted molar refractivity (Wildman–Crippen MR) is 99.1 cm³/mol. The molecule has 1 aromatic carbocycles. The highest BCUT2D eigenvalue weighted by molar-refractivity contribution is 5.69. The van der Waals surface area contributed by atoms with Crippen LogP contribution in [-0.2, 0) is 14.3 Å². The van der Waals surface area contributed by atoms with E-state index in [0.29, 0.717) is 13.0 Å². The summed E-state index contributed by atoms with van der Waals surface area (Å²) in [6.45, 7) is 6.31. The molecule has 1 rings (SSSR count). The summed E-state index contributed by atoms with van der Waals surface area (Å²) in [5.41, 5.74) is 0.596. The molecule has 0 bridgehead atoms. The van der Waals surface area contributed by atoms with Crippen LogP contribution in [0.4, 0.5) is 4.79 Å². The van der Waals surface area contributed by atoms with Crippen molar-refractivity contribution >= 4 is 18.1 Å². The number of esters is 1. The molecular formula is C20H29NO4. The monoisotopic (exact) mass is 347 g/mol. The van der Waals surface area contributed by atoms with E-state index in [-0.39, 0.29) is 12.6 Å². The Morgan fingerprint density at radius 1 is 1.08 bits per heavy atom. The normalized spacial score (nSPS) is 11.3. The van der Waals surface area contributed by atoms with Crippen molar-refractivity contribution < 1.29 is 19.1 Å². The highest BCUT2D eigenvalue weighted by Gasteiger charge is 2.15. The number of carbonyl (C=O) groups is 2. The van der Waals surface area contributed by atoms with E-state index >= 15 is 0 Å². The van der Waals surface area contributed by atoms with Gasteiger partial charge in [0.15, 0.2) is 0 Å². The van der Waals surface area contributed by atoms with Crippen LogP contribution in [0.5, 0.6) is 0 Å². The number of hydrogen-bond donors (Lipinski definition) is 1. The van der Waals surface area contributed by atoms with Gasteiger partial charge in [0.1, 0.15) is 12.2 Å². The van der Waals surface area contributed by atoms with Crippen LogP contribution < -0.4 is 5.32 Å². The molecule has 138 valence electrons. The molecule has 0 heterocycles. The van der Waals surface area contributed by atoms with Crippen LogP contribution in [0.2, 0.25) is 0 Å². The summed E-state index contributed by atoms with van der Waals surface area (Å²) in [7, 11) is 0. The minimum atomic E-state index is -0.483. The Kier molecular flexibility index (Phi) is 9.37. The number of ether oxygens (including phenoxy) is 2. The molecule has 0 spiro atoms. The fraction of sp³-hybridized carbons (Fsp3) is 0.500. The van der Waals surface area contributed by atoms with E-state index in [4.69, 9.17) is 9.47 Å². The Morgan fingerprint density at radius 2 is 1.80 bits per heavy atom. The van der Waals surface area contributed by atoms with Crippen molar-refractivity contribution in [2.24, 2.45) is 0 Å². The quantitative estimate of drug-likeness (QED) is 0.533. The fourth-order valence-corrected chi connectivity index (χ4v) is 2.04. The van der Waals surface area contributed by atoms with Crippen molar-refractivity contribution in [1.29, 1.82) is 0 Å². The molecule has 25 heavy (non-hydrogen) atoms. The first-order valence-electron chi connectivity index (χ1n) is 8.71. The third-order valence-corrected chi connectivity index (χ3v) is 3.18. The summed E-state index contributed by atoms with van der Waals surface area (Å²) in [5.74, 6) is -0.196. The van der Waals surface area contributed by atoms with Crippen molar-refractivity contribution in [3.63, 3.8) is 0 Å². The van der Waals surface area contributed by atoms with Crippen LogP contribution in [0.25, 0.3) is 6.08 Å². The van der Waals surface area contributed by atoms with Gasteiger partial charge < -0.3 is 14.8 Å². The SMILES string of the molecule is CC(C)(C)OC(=O)NCCCCCC(=O)OC/C=C/c1ccccc1. The van der Waals surface area contributed by atoms with E-state index in [9.17, 15) is 9.59 Å². The third kappa shape index (κ3) is 11.8. The molecule has 5 heteroatoms. The van der Waals surface area contributed by atoms with Crippen LogP contribution in [0.3, 0.4) is 0 Å². The van der Waals surface area contributed by atoms with E-state index in [2.05, 4.69) is 5.32 Å². The van der Waals surface area contributed by atoms with Gasteiger partial charge in [0.25, 0.3) is 0 Å². The summed E-state index contributed by atoms with van der Waals surface area (Å²) < 4.78 is 10.3. The van der Waals surface area contributed by atoms with Crippen molar-refractivity contribution in [2.45, 2.75) is 52.1 Å². The van der Waals surface area contributed by atoms with E-state index in [1.165, 1.54) is 0 Å². The van der Waals surface area contributed by atoms with E-state index in [1.54, 1.807) is 0 Å². The average Bonchev–Trinajstić information content (AvgIpc) is 2.54. The Morgan fingerprint density at radius 3 is 2.48 bits per heavy atom. The second-order valence-corrected chi connectivity index (χ2v) is 6.74. The molecule has 5 nitrogen and oxygen atoms in total. The predicted octanol–water partition coefficient (Wildman–Crippen LogP) is 4.33. The lowest BCUT2D eigenvalue weighted by Crippen LogP contribution is -2.32. The standard InChI is InChI=1S/C20H29NO4/c1-20(2,3)25-19(23)21-15-9-5-8-14-18(22)24-16-10-13-17-11-6-4-7-12-17/h4,6-7,10-13H,5,8-9,14-16H2,1-3H3,(H,21,23)/b13-10+. The number of carbonyl (C=O) groups excluding carboxylic acids is 2. The van der Waals surface area contributed by atoms with Crippen LogP contribution in [0.15, 0.2) is 36.4 Å². The summed E-state index contributed by atoms with van der Waals surface area (Å²) in [6, 6.07) is 9.86. The van der Waals surface area contributed by atoms with Crippen LogP contribution in [-0.4, -0.2) is 30.8 Å². The van der Waals surface area contributed by atoms with Crippen LogP contribution in [0.1, 0.15) is 52.0 Å². The number of amides is 1. The Labute approximate surface area is 150 Å². The van der Waals surface area contributed by atoms with Gasteiger partial charge in [0.2, 0.25) is 0 Å². The molecule has 0 radical (unpaired) electrons. The van der Waals surface area contributed by atoms with Gasteiger partial charge in [0, 0.05) is 13.0 Å². The first kappa shape index (κ1) is 20.7. The molecule has 0 aliphatic rings. The topological polar surface area (TPSA) is 64.6 Å². The van der Waals surface area contributed by atoms with Gasteiger partial charge in [-0.1, -0.05) is 42.8 Å². The van der Waals surface area contributed by atoms with Crippen LogP contribution in [0, 0.1) is 0 Å². The first-order chi connectivity index (χ1) is 11.9. The second kappa shape index (κ2) is 11.3. The maximum Gasteiger partial charge on any atom is 0.407 e. The van der Waals surface area contributed by atoms with Crippen LogP contribution >= 0.6 is 0 Å². The Bertz CT molecular complexity index is 547. The smallest absolute Gasteiger partial charge is 0.407 e. The second-order valence-electron chi connectivity index (χ2n) is 6.74. The molecule has 0 unspecified atom stereocenters. The highest BCUT2D eigenvalue weighted by atomic mass is 16.6. The van der Waals surface area contributed by atoms with Gasteiger partial charge in [-0.05, 0) is 45.3 Å². The summed E-state index contributed by atoms with van der Waals surface area (Å²) in [4.78, 5) is 23.0. The van der Waals surface area contributed by atoms with Gasteiger partial charge in [-0.2, -0.15) is 0 Å². The number of hydrogen-bond acceptors (Lipinski definition) is 4. The first-order valence-corrected chi connectivity index (χ1v) is 8.71. The molecule has 0 saturated heterocycles. The maximum atomic E-state index is 11.6. The molecule has 0 aliphatic carbocycles. The third-order valence-electron chi connectivity index (χ3n) is 3.18. The fourth-order valence-electron chi connectivity index (χ4n) is 2.04. The lowest BCUT2D eigenvalue weighted by atomic mass is 10.2. The molecule has 1 aromatic rings. The minimum Gasteiger partial charge on any atom is -0.461 e. The lowest BCUT2D eigenvalue weighted by Gasteiger charge is -2.19. The zero-order valence-electron chi connectivity index (χ0n) is 15.4. The molecule has 0 aromatic heterocycles. The van der Waals surface area contributed by atoms with Crippen molar-refractivity contribution in [1.82, 2.24) is 5.32 Å². The highest BCUT2D eigenvalue weighted by Crippen LogP contribution is 2.07. The Hall–Kier alpha value is -2.30. The number of nitrogens with one attached hydrogen (secondary N) is 1. The zero-order valence-corrected chi connectivity index (χ0v) is 15.4.